The maximum atomic E-state index is 13.1. The van der Waals surface area contributed by atoms with Gasteiger partial charge in [-0.15, -0.1) is 4.72 Å². The van der Waals surface area contributed by atoms with Crippen LogP contribution >= 0.6 is 0 Å². The first-order chi connectivity index (χ1) is 20.8. The van der Waals surface area contributed by atoms with Crippen LogP contribution in [-0.4, -0.2) is 37.3 Å². The van der Waals surface area contributed by atoms with Crippen LogP contribution in [0.15, 0.2) is 83.8 Å². The predicted molar refractivity (Wildman–Crippen MR) is 182 cm³/mol. The van der Waals surface area contributed by atoms with Crippen molar-refractivity contribution in [2.24, 2.45) is 5.92 Å². The van der Waals surface area contributed by atoms with Gasteiger partial charge in [0.25, 0.3) is 8.32 Å². The summed E-state index contributed by atoms with van der Waals surface area (Å²) in [7, 11) is -2.58. The molecule has 0 aliphatic heterocycles. The zero-order valence-electron chi connectivity index (χ0n) is 27.4. The number of nitrogens with one attached hydrogen (secondary N) is 1. The zero-order chi connectivity index (χ0) is 32.0. The van der Waals surface area contributed by atoms with E-state index in [0.29, 0.717) is 23.2 Å². The number of carbonyl (C=O) groups excluding carboxylic acids is 1. The lowest BCUT2D eigenvalue weighted by Crippen LogP contribution is -2.66. The van der Waals surface area contributed by atoms with Crippen molar-refractivity contribution < 1.29 is 23.2 Å². The van der Waals surface area contributed by atoms with Crippen LogP contribution in [0.1, 0.15) is 79.2 Å². The molecule has 1 unspecified atom stereocenters. The number of hydrogen-bond acceptors (Lipinski definition) is 5. The summed E-state index contributed by atoms with van der Waals surface area (Å²) >= 11 is -1.81. The Kier molecular flexibility index (Phi) is 11.3. The Labute approximate surface area is 268 Å². The van der Waals surface area contributed by atoms with Gasteiger partial charge in [0.15, 0.2) is 5.75 Å². The number of rotatable bonds is 10. The van der Waals surface area contributed by atoms with Crippen molar-refractivity contribution in [1.29, 1.82) is 0 Å². The normalized spacial score (nSPS) is 18.4. The molecule has 3 atom stereocenters. The van der Waals surface area contributed by atoms with Gasteiger partial charge in [0.1, 0.15) is 17.0 Å². The number of carbonyl (C=O) groups is 1. The topological polar surface area (TPSA) is 79.9 Å². The summed E-state index contributed by atoms with van der Waals surface area (Å²) in [4.78, 5) is 12.7. The van der Waals surface area contributed by atoms with Crippen LogP contribution in [0.2, 0.25) is 5.04 Å². The Bertz CT molecular complexity index is 1320. The lowest BCUT2D eigenvalue weighted by atomic mass is 9.85. The predicted octanol–water partition coefficient (Wildman–Crippen LogP) is 7.45. The summed E-state index contributed by atoms with van der Waals surface area (Å²) in [6.07, 6.45) is 4.28. The number of aryl methyl sites for hydroxylation is 1. The van der Waals surface area contributed by atoms with Crippen molar-refractivity contribution in [3.05, 3.63) is 84.4 Å². The Hall–Kier alpha value is -2.78. The average molecular weight is 636 g/mol. The molecule has 3 aromatic carbocycles. The minimum Gasteiger partial charge on any atom is -0.588 e. The van der Waals surface area contributed by atoms with E-state index in [9.17, 15) is 9.35 Å². The molecule has 1 N–H and O–H groups in total. The highest BCUT2D eigenvalue weighted by Gasteiger charge is 2.50. The molecule has 238 valence electrons. The van der Waals surface area contributed by atoms with Crippen LogP contribution in [0.5, 0.6) is 5.75 Å². The lowest BCUT2D eigenvalue weighted by Gasteiger charge is -2.43. The summed E-state index contributed by atoms with van der Waals surface area (Å²) in [5, 5.41) is 2.53. The fraction of sp³-hybridized carbons (Fsp3) is 0.472. The SMILES string of the molecule is Cc1ccc([S+]([O-])NC(=O)OC(C)(C)C)c(O[C@@H]2CCC[C@H](CCO[Si](c3ccccc3)(c3ccccc3)C(C)(C)C)C2)c1. The third-order valence-corrected chi connectivity index (χ3v) is 14.3. The Morgan fingerprint density at radius 3 is 2.11 bits per heavy atom. The van der Waals surface area contributed by atoms with Crippen LogP contribution in [0.3, 0.4) is 0 Å². The first-order valence-electron chi connectivity index (χ1n) is 15.7. The highest BCUT2D eigenvalue weighted by molar-refractivity contribution is 7.90. The van der Waals surface area contributed by atoms with E-state index in [1.807, 2.05) is 19.1 Å². The second-order valence-electron chi connectivity index (χ2n) is 13.9. The summed E-state index contributed by atoms with van der Waals surface area (Å²) in [5.41, 5.74) is 0.322. The first-order valence-corrected chi connectivity index (χ1v) is 18.8. The fourth-order valence-electron chi connectivity index (χ4n) is 6.22. The standard InChI is InChI=1S/C36H49NO5SSi/c1-27-21-22-33(43(39)37-34(38)42-35(2,3)4)32(25-27)41-29-16-14-15-28(26-29)23-24-40-44(36(5,6)7,30-17-10-8-11-18-30)31-19-12-9-13-20-31/h8-13,17-22,25,28-29H,14-16,23-24,26H2,1-7H3,(H,37,38)/t28-,29-,43?/m1/s1. The fourth-order valence-corrected chi connectivity index (χ4v) is 11.6. The van der Waals surface area contributed by atoms with Crippen LogP contribution in [-0.2, 0) is 20.5 Å². The third kappa shape index (κ3) is 8.68. The van der Waals surface area contributed by atoms with Gasteiger partial charge in [-0.05, 0) is 86.3 Å². The maximum absolute atomic E-state index is 13.1. The molecule has 0 aromatic heterocycles. The molecule has 1 fully saturated rings. The first kappa shape index (κ1) is 34.1. The van der Waals surface area contributed by atoms with Gasteiger partial charge in [-0.1, -0.05) is 93.9 Å². The van der Waals surface area contributed by atoms with Gasteiger partial charge in [0.05, 0.1) is 6.10 Å². The number of amides is 1. The van der Waals surface area contributed by atoms with Gasteiger partial charge >= 0.3 is 6.09 Å². The summed E-state index contributed by atoms with van der Waals surface area (Å²) < 4.78 is 34.6. The van der Waals surface area contributed by atoms with E-state index in [4.69, 9.17) is 13.9 Å². The van der Waals surface area contributed by atoms with E-state index in [2.05, 4.69) is 86.2 Å². The van der Waals surface area contributed by atoms with Crippen molar-refractivity contribution in [2.45, 2.75) is 102 Å². The minimum atomic E-state index is -2.58. The molecule has 3 aromatic rings. The molecule has 1 aliphatic rings. The molecule has 4 rings (SSSR count). The maximum Gasteiger partial charge on any atom is 0.449 e. The van der Waals surface area contributed by atoms with Crippen molar-refractivity contribution in [3.63, 3.8) is 0 Å². The van der Waals surface area contributed by atoms with Crippen LogP contribution in [0.25, 0.3) is 0 Å². The summed E-state index contributed by atoms with van der Waals surface area (Å²) in [5.74, 6) is 1.01. The third-order valence-electron chi connectivity index (χ3n) is 8.16. The van der Waals surface area contributed by atoms with Crippen LogP contribution < -0.4 is 19.8 Å². The van der Waals surface area contributed by atoms with Crippen LogP contribution in [0, 0.1) is 12.8 Å². The number of ether oxygens (including phenoxy) is 2. The number of benzene rings is 3. The molecule has 1 aliphatic carbocycles. The van der Waals surface area contributed by atoms with E-state index in [1.165, 1.54) is 10.4 Å². The van der Waals surface area contributed by atoms with Crippen molar-refractivity contribution in [3.8, 4) is 5.75 Å². The molecule has 0 bridgehead atoms. The molecule has 0 saturated heterocycles. The van der Waals surface area contributed by atoms with Crippen molar-refractivity contribution in [1.82, 2.24) is 4.72 Å². The molecule has 0 spiro atoms. The van der Waals surface area contributed by atoms with E-state index < -0.39 is 31.4 Å². The molecule has 6 nitrogen and oxygen atoms in total. The van der Waals surface area contributed by atoms with E-state index in [0.717, 1.165) is 37.7 Å². The Morgan fingerprint density at radius 2 is 1.55 bits per heavy atom. The second-order valence-corrected chi connectivity index (χ2v) is 19.4. The van der Waals surface area contributed by atoms with E-state index in [-0.39, 0.29) is 11.1 Å². The van der Waals surface area contributed by atoms with Gasteiger partial charge in [-0.2, -0.15) is 0 Å². The second kappa shape index (κ2) is 14.5. The molecule has 44 heavy (non-hydrogen) atoms. The zero-order valence-corrected chi connectivity index (χ0v) is 29.2. The minimum absolute atomic E-state index is 0.000640. The molecular weight excluding hydrogens is 587 g/mol. The smallest absolute Gasteiger partial charge is 0.449 e. The van der Waals surface area contributed by atoms with Crippen LogP contribution in [0.4, 0.5) is 4.79 Å². The average Bonchev–Trinajstić information content (AvgIpc) is 2.95. The molecule has 0 radical (unpaired) electrons. The summed E-state index contributed by atoms with van der Waals surface area (Å²) in [6, 6.07) is 27.1. The highest BCUT2D eigenvalue weighted by atomic mass is 32.2. The molecule has 1 amide bonds. The van der Waals surface area contributed by atoms with Crippen molar-refractivity contribution in [2.75, 3.05) is 6.61 Å². The molecule has 8 heteroatoms. The molecule has 1 saturated carbocycles. The van der Waals surface area contributed by atoms with Gasteiger partial charge < -0.3 is 18.5 Å². The van der Waals surface area contributed by atoms with E-state index >= 15 is 0 Å². The summed E-state index contributed by atoms with van der Waals surface area (Å²) in [6.45, 7) is 14.9. The largest absolute Gasteiger partial charge is 0.588 e. The monoisotopic (exact) mass is 635 g/mol. The molecule has 0 heterocycles. The number of hydrogen-bond donors (Lipinski definition) is 1. The Balaban J connectivity index is 1.45. The quantitative estimate of drug-likeness (QED) is 0.185. The molecular formula is C36H49NO5SSi. The van der Waals surface area contributed by atoms with E-state index in [1.54, 1.807) is 26.8 Å². The van der Waals surface area contributed by atoms with Gasteiger partial charge in [-0.25, -0.2) is 4.79 Å². The van der Waals surface area contributed by atoms with Crippen molar-refractivity contribution >= 4 is 36.1 Å². The van der Waals surface area contributed by atoms with Gasteiger partial charge in [-0.3, -0.25) is 0 Å². The van der Waals surface area contributed by atoms with Gasteiger partial charge in [0.2, 0.25) is 4.90 Å². The highest BCUT2D eigenvalue weighted by Crippen LogP contribution is 2.38. The Morgan fingerprint density at radius 1 is 0.932 bits per heavy atom. The lowest BCUT2D eigenvalue weighted by molar-refractivity contribution is 0.0570. The van der Waals surface area contributed by atoms with Gasteiger partial charge in [0, 0.05) is 12.7 Å².